The quantitative estimate of drug-likeness (QED) is 0.758. The van der Waals surface area contributed by atoms with Crippen LogP contribution in [0.5, 0.6) is 0 Å². The van der Waals surface area contributed by atoms with E-state index in [-0.39, 0.29) is 29.5 Å². The third kappa shape index (κ3) is 2.90. The van der Waals surface area contributed by atoms with Gasteiger partial charge in [-0.25, -0.2) is 0 Å². The van der Waals surface area contributed by atoms with Gasteiger partial charge < -0.3 is 10.6 Å². The largest absolute Gasteiger partial charge is 0.354 e. The highest BCUT2D eigenvalue weighted by atomic mass is 35.5. The molecule has 0 radical (unpaired) electrons. The van der Waals surface area contributed by atoms with Gasteiger partial charge in [0.15, 0.2) is 0 Å². The van der Waals surface area contributed by atoms with E-state index in [0.29, 0.717) is 12.5 Å². The van der Waals surface area contributed by atoms with Crippen LogP contribution in [0.4, 0.5) is 11.9 Å². The number of likely N-dealkylation sites (N-methyl/N-ethyl adjacent to an activating group) is 1. The van der Waals surface area contributed by atoms with Crippen molar-refractivity contribution in [2.45, 2.75) is 19.4 Å². The van der Waals surface area contributed by atoms with Crippen molar-refractivity contribution >= 4 is 35.3 Å². The molecule has 8 nitrogen and oxygen atoms in total. The van der Waals surface area contributed by atoms with Crippen LogP contribution in [0.1, 0.15) is 13.3 Å². The van der Waals surface area contributed by atoms with E-state index in [1.807, 2.05) is 6.92 Å². The molecule has 0 aliphatic carbocycles. The predicted octanol–water partition coefficient (Wildman–Crippen LogP) is 0.126. The summed E-state index contributed by atoms with van der Waals surface area (Å²) in [5, 5.41) is 5.70. The van der Waals surface area contributed by atoms with Crippen LogP contribution in [0, 0.1) is 0 Å². The smallest absolute Gasteiger partial charge is 0.252 e. The SMILES string of the molecule is CCNc1nc(Cl)nc(NC2CC(=O)N(C)C2=O)n1. The molecule has 1 saturated heterocycles. The van der Waals surface area contributed by atoms with Gasteiger partial charge in [0.25, 0.3) is 5.91 Å². The van der Waals surface area contributed by atoms with Gasteiger partial charge in [-0.05, 0) is 18.5 Å². The zero-order chi connectivity index (χ0) is 14.0. The molecule has 2 rings (SSSR count). The molecule has 1 fully saturated rings. The number of carbonyl (C=O) groups is 2. The van der Waals surface area contributed by atoms with Gasteiger partial charge >= 0.3 is 0 Å². The van der Waals surface area contributed by atoms with Crippen LogP contribution < -0.4 is 10.6 Å². The van der Waals surface area contributed by atoms with Gasteiger partial charge in [0.05, 0.1) is 6.42 Å². The molecule has 0 aromatic carbocycles. The van der Waals surface area contributed by atoms with Crippen molar-refractivity contribution in [1.82, 2.24) is 19.9 Å². The Morgan fingerprint density at radius 1 is 1.32 bits per heavy atom. The average Bonchev–Trinajstić information content (AvgIpc) is 2.57. The molecule has 2 N–H and O–H groups in total. The Bertz CT molecular complexity index is 523. The molecule has 0 bridgehead atoms. The summed E-state index contributed by atoms with van der Waals surface area (Å²) in [6.07, 6.45) is 0.0785. The minimum absolute atomic E-state index is 0.0126. The summed E-state index contributed by atoms with van der Waals surface area (Å²) in [4.78, 5) is 36.0. The Kier molecular flexibility index (Phi) is 3.79. The minimum Gasteiger partial charge on any atom is -0.354 e. The van der Waals surface area contributed by atoms with Crippen molar-refractivity contribution in [3.05, 3.63) is 5.28 Å². The second-order valence-corrected chi connectivity index (χ2v) is 4.31. The summed E-state index contributed by atoms with van der Waals surface area (Å²) >= 11 is 5.76. The number of hydrogen-bond donors (Lipinski definition) is 2. The number of aromatic nitrogens is 3. The lowest BCUT2D eigenvalue weighted by atomic mass is 10.2. The van der Waals surface area contributed by atoms with Crippen LogP contribution in [0.2, 0.25) is 5.28 Å². The van der Waals surface area contributed by atoms with Crippen LogP contribution >= 0.6 is 11.6 Å². The molecule has 1 aliphatic rings. The van der Waals surface area contributed by atoms with Crippen LogP contribution in [0.25, 0.3) is 0 Å². The lowest BCUT2D eigenvalue weighted by molar-refractivity contribution is -0.136. The molecule has 1 aromatic rings. The molecule has 1 aromatic heterocycles. The zero-order valence-corrected chi connectivity index (χ0v) is 11.2. The van der Waals surface area contributed by atoms with E-state index >= 15 is 0 Å². The summed E-state index contributed by atoms with van der Waals surface area (Å²) in [6.45, 7) is 2.52. The first-order chi connectivity index (χ1) is 9.01. The summed E-state index contributed by atoms with van der Waals surface area (Å²) in [6, 6.07) is -0.662. The Hall–Kier alpha value is -1.96. The van der Waals surface area contributed by atoms with Crippen molar-refractivity contribution in [3.63, 3.8) is 0 Å². The molecule has 2 amide bonds. The maximum absolute atomic E-state index is 11.7. The first kappa shape index (κ1) is 13.5. The minimum atomic E-state index is -0.662. The topological polar surface area (TPSA) is 100 Å². The average molecular weight is 285 g/mol. The summed E-state index contributed by atoms with van der Waals surface area (Å²) in [5.41, 5.74) is 0. The Labute approximate surface area is 114 Å². The number of imide groups is 1. The fourth-order valence-electron chi connectivity index (χ4n) is 1.68. The number of carbonyl (C=O) groups excluding carboxylic acids is 2. The van der Waals surface area contributed by atoms with Gasteiger partial charge in [-0.1, -0.05) is 0 Å². The third-order valence-corrected chi connectivity index (χ3v) is 2.80. The second-order valence-electron chi connectivity index (χ2n) is 3.97. The molecule has 2 heterocycles. The van der Waals surface area contributed by atoms with Crippen LogP contribution in [0.3, 0.4) is 0 Å². The number of likely N-dealkylation sites (tertiary alicyclic amines) is 1. The van der Waals surface area contributed by atoms with E-state index in [9.17, 15) is 9.59 Å². The van der Waals surface area contributed by atoms with Crippen molar-refractivity contribution < 1.29 is 9.59 Å². The van der Waals surface area contributed by atoms with E-state index in [2.05, 4.69) is 25.6 Å². The van der Waals surface area contributed by atoms with Crippen molar-refractivity contribution in [3.8, 4) is 0 Å². The molecular formula is C10H13ClN6O2. The molecule has 102 valence electrons. The highest BCUT2D eigenvalue weighted by Gasteiger charge is 2.36. The monoisotopic (exact) mass is 284 g/mol. The van der Waals surface area contributed by atoms with Gasteiger partial charge in [0.2, 0.25) is 23.1 Å². The predicted molar refractivity (Wildman–Crippen MR) is 68.8 cm³/mol. The van der Waals surface area contributed by atoms with Crippen LogP contribution in [0.15, 0.2) is 0 Å². The molecule has 1 unspecified atom stereocenters. The van der Waals surface area contributed by atoms with Gasteiger partial charge in [-0.15, -0.1) is 0 Å². The number of halogens is 1. The molecule has 0 spiro atoms. The number of nitrogens with zero attached hydrogens (tertiary/aromatic N) is 4. The first-order valence-corrected chi connectivity index (χ1v) is 6.11. The van der Waals surface area contributed by atoms with E-state index in [4.69, 9.17) is 11.6 Å². The lowest BCUT2D eigenvalue weighted by Gasteiger charge is -2.11. The van der Waals surface area contributed by atoms with Gasteiger partial charge in [0.1, 0.15) is 6.04 Å². The molecule has 19 heavy (non-hydrogen) atoms. The number of rotatable bonds is 4. The van der Waals surface area contributed by atoms with E-state index in [1.165, 1.54) is 7.05 Å². The van der Waals surface area contributed by atoms with Gasteiger partial charge in [0, 0.05) is 13.6 Å². The highest BCUT2D eigenvalue weighted by molar-refractivity contribution is 6.28. The van der Waals surface area contributed by atoms with E-state index in [0.717, 1.165) is 4.90 Å². The maximum Gasteiger partial charge on any atom is 0.252 e. The summed E-state index contributed by atoms with van der Waals surface area (Å²) < 4.78 is 0. The third-order valence-electron chi connectivity index (χ3n) is 2.63. The Balaban J connectivity index is 2.15. The van der Waals surface area contributed by atoms with Crippen molar-refractivity contribution in [2.24, 2.45) is 0 Å². The van der Waals surface area contributed by atoms with Crippen molar-refractivity contribution in [2.75, 3.05) is 24.2 Å². The number of anilines is 2. The summed E-state index contributed by atoms with van der Waals surface area (Å²) in [7, 11) is 1.44. The standard InChI is InChI=1S/C10H13ClN6O2/c1-3-12-9-14-8(11)15-10(16-9)13-5-4-6(18)17(2)7(5)19/h5H,3-4H2,1-2H3,(H2,12,13,14,15,16). The zero-order valence-electron chi connectivity index (χ0n) is 10.5. The lowest BCUT2D eigenvalue weighted by Crippen LogP contribution is -2.32. The molecule has 1 aliphatic heterocycles. The molecular weight excluding hydrogens is 272 g/mol. The van der Waals surface area contributed by atoms with E-state index in [1.54, 1.807) is 0 Å². The fraction of sp³-hybridized carbons (Fsp3) is 0.500. The van der Waals surface area contributed by atoms with Crippen molar-refractivity contribution in [1.29, 1.82) is 0 Å². The van der Waals surface area contributed by atoms with Gasteiger partial charge in [-0.2, -0.15) is 15.0 Å². The highest BCUT2D eigenvalue weighted by Crippen LogP contribution is 2.16. The number of hydrogen-bond acceptors (Lipinski definition) is 7. The Morgan fingerprint density at radius 2 is 2.00 bits per heavy atom. The first-order valence-electron chi connectivity index (χ1n) is 5.73. The van der Waals surface area contributed by atoms with Crippen LogP contribution in [-0.2, 0) is 9.59 Å². The maximum atomic E-state index is 11.7. The number of nitrogens with one attached hydrogen (secondary N) is 2. The van der Waals surface area contributed by atoms with Gasteiger partial charge in [-0.3, -0.25) is 14.5 Å². The second kappa shape index (κ2) is 5.35. The number of amides is 2. The molecule has 1 atom stereocenters. The van der Waals surface area contributed by atoms with E-state index < -0.39 is 6.04 Å². The molecule has 0 saturated carbocycles. The molecule has 9 heteroatoms. The normalized spacial score (nSPS) is 18.9. The Morgan fingerprint density at radius 3 is 2.58 bits per heavy atom. The van der Waals surface area contributed by atoms with Crippen LogP contribution in [-0.4, -0.2) is 51.3 Å². The fourth-order valence-corrected chi connectivity index (χ4v) is 1.84. The summed E-state index contributed by atoms with van der Waals surface area (Å²) in [5.74, 6) is -0.0753.